The van der Waals surface area contributed by atoms with E-state index in [0.717, 1.165) is 16.7 Å². The number of halogens is 3. The minimum Gasteiger partial charge on any atom is -0.350 e. The highest BCUT2D eigenvalue weighted by Gasteiger charge is 2.32. The van der Waals surface area contributed by atoms with Gasteiger partial charge in [0.1, 0.15) is 6.04 Å². The molecule has 0 saturated heterocycles. The third kappa shape index (κ3) is 9.57. The summed E-state index contributed by atoms with van der Waals surface area (Å²) in [6, 6.07) is 21.9. The molecule has 4 nitrogen and oxygen atoms in total. The van der Waals surface area contributed by atoms with Gasteiger partial charge in [0.05, 0.1) is 15.8 Å². The topological polar surface area (TPSA) is 49.4 Å². The lowest BCUT2D eigenvalue weighted by molar-refractivity contribution is -0.140. The van der Waals surface area contributed by atoms with Crippen LogP contribution in [0.3, 0.4) is 0 Å². The zero-order valence-corrected chi connectivity index (χ0v) is 24.2. The van der Waals surface area contributed by atoms with Crippen LogP contribution in [0.1, 0.15) is 37.5 Å². The van der Waals surface area contributed by atoms with Crippen LogP contribution in [0.25, 0.3) is 0 Å². The Hall–Kier alpha value is -2.18. The van der Waals surface area contributed by atoms with Crippen molar-refractivity contribution in [2.45, 2.75) is 51.1 Å². The lowest BCUT2D eigenvalue weighted by atomic mass is 10.0. The second kappa shape index (κ2) is 13.6. The molecule has 3 aromatic carbocycles. The number of hydrogen-bond donors (Lipinski definition) is 1. The Morgan fingerprint density at radius 1 is 0.865 bits per heavy atom. The van der Waals surface area contributed by atoms with Gasteiger partial charge in [0.15, 0.2) is 0 Å². The Balaban J connectivity index is 1.86. The minimum absolute atomic E-state index is 0.120. The van der Waals surface area contributed by atoms with Crippen LogP contribution in [-0.4, -0.2) is 34.0 Å². The smallest absolute Gasteiger partial charge is 0.243 e. The zero-order chi connectivity index (χ0) is 27.0. The fraction of sp³-hybridized carbons (Fsp3) is 0.310. The van der Waals surface area contributed by atoms with Crippen molar-refractivity contribution in [2.24, 2.45) is 0 Å². The molecule has 0 unspecified atom stereocenters. The van der Waals surface area contributed by atoms with Gasteiger partial charge in [-0.3, -0.25) is 9.59 Å². The van der Waals surface area contributed by atoms with Crippen LogP contribution < -0.4 is 5.32 Å². The molecular weight excluding hydrogens is 547 g/mol. The van der Waals surface area contributed by atoms with Crippen LogP contribution >= 0.6 is 46.6 Å². The summed E-state index contributed by atoms with van der Waals surface area (Å²) in [5.41, 5.74) is 2.41. The highest BCUT2D eigenvalue weighted by Crippen LogP contribution is 2.25. The highest BCUT2D eigenvalue weighted by atomic mass is 35.5. The maximum absolute atomic E-state index is 13.7. The van der Waals surface area contributed by atoms with Gasteiger partial charge in [-0.15, -0.1) is 11.8 Å². The summed E-state index contributed by atoms with van der Waals surface area (Å²) in [4.78, 5) is 28.9. The van der Waals surface area contributed by atoms with Gasteiger partial charge in [-0.05, 0) is 61.7 Å². The summed E-state index contributed by atoms with van der Waals surface area (Å²) in [6.07, 6.45) is 0.402. The van der Waals surface area contributed by atoms with E-state index in [2.05, 4.69) is 5.32 Å². The second-order valence-electron chi connectivity index (χ2n) is 9.83. The largest absolute Gasteiger partial charge is 0.350 e. The van der Waals surface area contributed by atoms with Crippen molar-refractivity contribution in [1.29, 1.82) is 0 Å². The minimum atomic E-state index is -0.685. The maximum atomic E-state index is 13.7. The van der Waals surface area contributed by atoms with Gasteiger partial charge in [0, 0.05) is 29.3 Å². The summed E-state index contributed by atoms with van der Waals surface area (Å²) in [5, 5.41) is 4.67. The Kier molecular flexibility index (Phi) is 10.8. The second-order valence-corrected chi connectivity index (χ2v) is 12.1. The van der Waals surface area contributed by atoms with Gasteiger partial charge in [-0.25, -0.2) is 0 Å². The van der Waals surface area contributed by atoms with E-state index in [1.807, 2.05) is 75.4 Å². The number of carbonyl (C=O) groups excluding carboxylic acids is 2. The van der Waals surface area contributed by atoms with Gasteiger partial charge in [0.2, 0.25) is 11.8 Å². The van der Waals surface area contributed by atoms with Crippen molar-refractivity contribution in [1.82, 2.24) is 10.2 Å². The SMILES string of the molecule is CC(C)(C)NC(=O)[C@@H](Cc1ccccc1)N(Cc1ccc(Cl)cc1)C(=O)CSCc1ccc(Cl)c(Cl)c1. The molecule has 37 heavy (non-hydrogen) atoms. The fourth-order valence-electron chi connectivity index (χ4n) is 3.76. The van der Waals surface area contributed by atoms with E-state index in [1.54, 1.807) is 23.1 Å². The van der Waals surface area contributed by atoms with E-state index in [4.69, 9.17) is 34.8 Å². The number of nitrogens with zero attached hydrogens (tertiary/aromatic N) is 1. The normalized spacial score (nSPS) is 12.2. The molecule has 0 aliphatic heterocycles. The van der Waals surface area contributed by atoms with E-state index in [9.17, 15) is 9.59 Å². The number of amides is 2. The molecule has 196 valence electrons. The predicted molar refractivity (Wildman–Crippen MR) is 156 cm³/mol. The molecule has 1 atom stereocenters. The summed E-state index contributed by atoms with van der Waals surface area (Å²) < 4.78 is 0. The summed E-state index contributed by atoms with van der Waals surface area (Å²) in [6.45, 7) is 6.09. The van der Waals surface area contributed by atoms with Gasteiger partial charge < -0.3 is 10.2 Å². The van der Waals surface area contributed by atoms with Gasteiger partial charge in [0.25, 0.3) is 0 Å². The van der Waals surface area contributed by atoms with Gasteiger partial charge >= 0.3 is 0 Å². The first kappa shape index (κ1) is 29.4. The fourth-order valence-corrected chi connectivity index (χ4v) is 5.07. The molecule has 8 heteroatoms. The van der Waals surface area contributed by atoms with Crippen LogP contribution in [0.15, 0.2) is 72.8 Å². The number of carbonyl (C=O) groups is 2. The molecule has 3 aromatic rings. The molecule has 0 heterocycles. The standard InChI is InChI=1S/C29H31Cl3N2O2S/c1-29(2,3)33-28(36)26(16-20-7-5-4-6-8-20)34(17-21-9-12-23(30)13-10-21)27(35)19-37-18-22-11-14-24(31)25(32)15-22/h4-15,26H,16-19H2,1-3H3,(H,33,36)/t26-/m1/s1. The van der Waals surface area contributed by atoms with Crippen molar-refractivity contribution in [3.8, 4) is 0 Å². The number of benzene rings is 3. The van der Waals surface area contributed by atoms with Gasteiger partial charge in [-0.2, -0.15) is 0 Å². The first-order valence-corrected chi connectivity index (χ1v) is 14.2. The molecule has 0 aliphatic carbocycles. The van der Waals surface area contributed by atoms with Crippen molar-refractivity contribution in [3.05, 3.63) is 105 Å². The number of nitrogens with one attached hydrogen (secondary N) is 1. The molecule has 3 rings (SSSR count). The molecule has 0 bridgehead atoms. The van der Waals surface area contributed by atoms with Crippen molar-refractivity contribution < 1.29 is 9.59 Å². The molecule has 0 saturated carbocycles. The Bertz CT molecular complexity index is 1200. The van der Waals surface area contributed by atoms with Crippen LogP contribution in [0.4, 0.5) is 0 Å². The lowest BCUT2D eigenvalue weighted by Crippen LogP contribution is -2.54. The van der Waals surface area contributed by atoms with Crippen molar-refractivity contribution in [2.75, 3.05) is 5.75 Å². The van der Waals surface area contributed by atoms with E-state index < -0.39 is 11.6 Å². The first-order valence-electron chi connectivity index (χ1n) is 11.9. The molecule has 0 spiro atoms. The van der Waals surface area contributed by atoms with Crippen LogP contribution in [0, 0.1) is 0 Å². The molecule has 2 amide bonds. The number of thioether (sulfide) groups is 1. The van der Waals surface area contributed by atoms with E-state index >= 15 is 0 Å². The summed E-state index contributed by atoms with van der Waals surface area (Å²) in [5.74, 6) is 0.495. The number of rotatable bonds is 10. The highest BCUT2D eigenvalue weighted by molar-refractivity contribution is 7.99. The first-order chi connectivity index (χ1) is 17.5. The van der Waals surface area contributed by atoms with Crippen LogP contribution in [0.5, 0.6) is 0 Å². The van der Waals surface area contributed by atoms with E-state index in [-0.39, 0.29) is 17.6 Å². The van der Waals surface area contributed by atoms with Crippen molar-refractivity contribution in [3.63, 3.8) is 0 Å². The third-order valence-electron chi connectivity index (χ3n) is 5.51. The Labute approximate surface area is 238 Å². The third-order valence-corrected chi connectivity index (χ3v) is 7.49. The van der Waals surface area contributed by atoms with Crippen LogP contribution in [0.2, 0.25) is 15.1 Å². The quantitative estimate of drug-likeness (QED) is 0.272. The molecule has 0 aliphatic rings. The average Bonchev–Trinajstić information content (AvgIpc) is 2.84. The maximum Gasteiger partial charge on any atom is 0.243 e. The molecule has 1 N–H and O–H groups in total. The number of hydrogen-bond acceptors (Lipinski definition) is 3. The average molecular weight is 578 g/mol. The Morgan fingerprint density at radius 3 is 2.14 bits per heavy atom. The summed E-state index contributed by atoms with van der Waals surface area (Å²) in [7, 11) is 0. The molecule has 0 fully saturated rings. The molecular formula is C29H31Cl3N2O2S. The van der Waals surface area contributed by atoms with E-state index in [1.165, 1.54) is 11.8 Å². The van der Waals surface area contributed by atoms with Crippen LogP contribution in [-0.2, 0) is 28.3 Å². The molecule has 0 radical (unpaired) electrons. The Morgan fingerprint density at radius 2 is 1.51 bits per heavy atom. The van der Waals surface area contributed by atoms with Gasteiger partial charge in [-0.1, -0.05) is 83.3 Å². The predicted octanol–water partition coefficient (Wildman–Crippen LogP) is 7.43. The monoisotopic (exact) mass is 576 g/mol. The molecule has 0 aromatic heterocycles. The van der Waals surface area contributed by atoms with E-state index in [0.29, 0.717) is 33.8 Å². The summed E-state index contributed by atoms with van der Waals surface area (Å²) >= 11 is 19.7. The van der Waals surface area contributed by atoms with Crippen molar-refractivity contribution >= 4 is 58.4 Å². The zero-order valence-electron chi connectivity index (χ0n) is 21.1. The lowest BCUT2D eigenvalue weighted by Gasteiger charge is -2.34.